The molecular formula is C27H22F3N3O4S. The standard InChI is InChI=1S/C27H22F3N3O4S/c1-25-8-9-26(37-25,10-11-38-18-6-2-15(3-7-18)12-20(32)34)22-21(25)23(35)33(24(22)36)17-5-4-16(14-31)19(13-17)27(28,29)30/h2-9,13,21-22H,10-12H2,1H3,(H2,32,34). The molecule has 2 bridgehead atoms. The largest absolute Gasteiger partial charge is 0.417 e. The van der Waals surface area contributed by atoms with Crippen LogP contribution in [0.5, 0.6) is 0 Å². The van der Waals surface area contributed by atoms with Gasteiger partial charge in [0.15, 0.2) is 0 Å². The molecule has 2 aromatic rings. The third kappa shape index (κ3) is 4.18. The number of ether oxygens (including phenoxy) is 1. The number of carbonyl (C=O) groups is 3. The Kier molecular flexibility index (Phi) is 6.16. The Balaban J connectivity index is 1.38. The Morgan fingerprint density at radius 2 is 1.82 bits per heavy atom. The predicted octanol–water partition coefficient (Wildman–Crippen LogP) is 3.99. The van der Waals surface area contributed by atoms with Crippen molar-refractivity contribution in [3.63, 3.8) is 0 Å². The SMILES string of the molecule is CC12C=CC(CCSc3ccc(CC(N)=O)cc3)(O1)C1C(=O)N(c3ccc(C#N)c(C(F)(F)F)c3)C(=O)C12. The van der Waals surface area contributed by atoms with Gasteiger partial charge in [-0.25, -0.2) is 4.90 Å². The molecule has 0 aromatic heterocycles. The van der Waals surface area contributed by atoms with Gasteiger partial charge in [-0.3, -0.25) is 14.4 Å². The summed E-state index contributed by atoms with van der Waals surface area (Å²) in [5, 5.41) is 9.09. The molecule has 0 saturated carbocycles. The molecule has 3 aliphatic heterocycles. The van der Waals surface area contributed by atoms with E-state index in [-0.39, 0.29) is 12.1 Å². The van der Waals surface area contributed by atoms with Crippen molar-refractivity contribution in [2.24, 2.45) is 17.6 Å². The number of halogens is 3. The molecule has 3 heterocycles. The van der Waals surface area contributed by atoms with Crippen molar-refractivity contribution < 1.29 is 32.3 Å². The highest BCUT2D eigenvalue weighted by Crippen LogP contribution is 2.59. The monoisotopic (exact) mass is 541 g/mol. The van der Waals surface area contributed by atoms with Crippen LogP contribution in [-0.2, 0) is 31.7 Å². The molecule has 38 heavy (non-hydrogen) atoms. The molecule has 3 amide bonds. The van der Waals surface area contributed by atoms with Crippen molar-refractivity contribution in [2.75, 3.05) is 10.7 Å². The van der Waals surface area contributed by atoms with Crippen molar-refractivity contribution in [3.8, 4) is 6.07 Å². The molecule has 2 fully saturated rings. The first-order valence-electron chi connectivity index (χ1n) is 11.8. The van der Waals surface area contributed by atoms with Gasteiger partial charge < -0.3 is 10.5 Å². The zero-order chi connectivity index (χ0) is 27.5. The summed E-state index contributed by atoms with van der Waals surface area (Å²) >= 11 is 1.51. The summed E-state index contributed by atoms with van der Waals surface area (Å²) in [5.41, 5.74) is 1.88. The Hall–Kier alpha value is -3.62. The number of carbonyl (C=O) groups excluding carboxylic acids is 3. The first-order chi connectivity index (χ1) is 17.9. The molecule has 5 rings (SSSR count). The lowest BCUT2D eigenvalue weighted by molar-refractivity contribution is -0.138. The van der Waals surface area contributed by atoms with Crippen LogP contribution in [0.3, 0.4) is 0 Å². The second-order valence-corrected chi connectivity index (χ2v) is 10.9. The van der Waals surface area contributed by atoms with Crippen LogP contribution in [0, 0.1) is 23.2 Å². The van der Waals surface area contributed by atoms with Crippen LogP contribution in [0.2, 0.25) is 0 Å². The highest BCUT2D eigenvalue weighted by Gasteiger charge is 2.71. The van der Waals surface area contributed by atoms with Gasteiger partial charge in [-0.15, -0.1) is 11.8 Å². The van der Waals surface area contributed by atoms with E-state index >= 15 is 0 Å². The summed E-state index contributed by atoms with van der Waals surface area (Å²) < 4.78 is 46.9. The molecule has 2 N–H and O–H groups in total. The van der Waals surface area contributed by atoms with E-state index in [1.54, 1.807) is 19.1 Å². The van der Waals surface area contributed by atoms with E-state index in [0.29, 0.717) is 18.2 Å². The highest BCUT2D eigenvalue weighted by molar-refractivity contribution is 7.99. The number of hydrogen-bond acceptors (Lipinski definition) is 6. The molecule has 3 aliphatic rings. The fraction of sp³-hybridized carbons (Fsp3) is 0.333. The number of fused-ring (bicyclic) bond motifs is 5. The lowest BCUT2D eigenvalue weighted by Crippen LogP contribution is -2.41. The smallest absolute Gasteiger partial charge is 0.369 e. The maximum absolute atomic E-state index is 13.6. The zero-order valence-electron chi connectivity index (χ0n) is 20.1. The second kappa shape index (κ2) is 8.99. The maximum Gasteiger partial charge on any atom is 0.417 e. The number of imide groups is 1. The van der Waals surface area contributed by atoms with E-state index in [1.165, 1.54) is 23.9 Å². The minimum absolute atomic E-state index is 0.144. The predicted molar refractivity (Wildman–Crippen MR) is 132 cm³/mol. The summed E-state index contributed by atoms with van der Waals surface area (Å²) in [5.74, 6) is -2.88. The van der Waals surface area contributed by atoms with Crippen molar-refractivity contribution in [1.29, 1.82) is 5.26 Å². The number of thioether (sulfide) groups is 1. The zero-order valence-corrected chi connectivity index (χ0v) is 20.9. The molecule has 2 aromatic carbocycles. The first-order valence-corrected chi connectivity index (χ1v) is 12.8. The van der Waals surface area contributed by atoms with E-state index in [9.17, 15) is 27.6 Å². The minimum atomic E-state index is -4.82. The lowest BCUT2D eigenvalue weighted by Gasteiger charge is -2.29. The summed E-state index contributed by atoms with van der Waals surface area (Å²) in [6.45, 7) is 1.70. The molecule has 0 spiro atoms. The fourth-order valence-electron chi connectivity index (χ4n) is 5.64. The van der Waals surface area contributed by atoms with Crippen molar-refractivity contribution in [1.82, 2.24) is 0 Å². The molecule has 196 valence electrons. The van der Waals surface area contributed by atoms with Gasteiger partial charge in [0.25, 0.3) is 0 Å². The summed E-state index contributed by atoms with van der Waals surface area (Å²) in [6, 6.07) is 11.7. The van der Waals surface area contributed by atoms with E-state index in [2.05, 4.69) is 0 Å². The number of nitrogens with zero attached hydrogens (tertiary/aromatic N) is 2. The average molecular weight is 542 g/mol. The number of amides is 3. The Labute approximate surface area is 220 Å². The Bertz CT molecular complexity index is 1420. The quantitative estimate of drug-likeness (QED) is 0.322. The molecular weight excluding hydrogens is 519 g/mol. The van der Waals surface area contributed by atoms with E-state index in [1.807, 2.05) is 24.3 Å². The van der Waals surface area contributed by atoms with Crippen LogP contribution in [0.15, 0.2) is 59.5 Å². The van der Waals surface area contributed by atoms with Crippen LogP contribution in [0.1, 0.15) is 30.0 Å². The van der Waals surface area contributed by atoms with Gasteiger partial charge in [-0.1, -0.05) is 24.3 Å². The summed E-state index contributed by atoms with van der Waals surface area (Å²) in [4.78, 5) is 39.9. The van der Waals surface area contributed by atoms with Gasteiger partial charge >= 0.3 is 6.18 Å². The summed E-state index contributed by atoms with van der Waals surface area (Å²) in [7, 11) is 0. The molecule has 2 saturated heterocycles. The van der Waals surface area contributed by atoms with Crippen LogP contribution >= 0.6 is 11.8 Å². The lowest BCUT2D eigenvalue weighted by atomic mass is 9.71. The number of anilines is 1. The molecule has 11 heteroatoms. The number of alkyl halides is 3. The van der Waals surface area contributed by atoms with E-state index in [4.69, 9.17) is 15.7 Å². The number of hydrogen-bond donors (Lipinski definition) is 1. The van der Waals surface area contributed by atoms with Gasteiger partial charge in [0.1, 0.15) is 5.60 Å². The first kappa shape index (κ1) is 26.0. The number of nitrogens with two attached hydrogens (primary N) is 1. The van der Waals surface area contributed by atoms with Crippen LogP contribution in [0.25, 0.3) is 0 Å². The van der Waals surface area contributed by atoms with Crippen molar-refractivity contribution in [3.05, 3.63) is 71.3 Å². The normalized spacial score (nSPS) is 27.6. The van der Waals surface area contributed by atoms with Crippen LogP contribution in [0.4, 0.5) is 18.9 Å². The Morgan fingerprint density at radius 1 is 1.13 bits per heavy atom. The number of benzene rings is 2. The van der Waals surface area contributed by atoms with E-state index < -0.39 is 58.1 Å². The highest BCUT2D eigenvalue weighted by atomic mass is 32.2. The molecule has 0 radical (unpaired) electrons. The van der Waals surface area contributed by atoms with E-state index in [0.717, 1.165) is 21.4 Å². The van der Waals surface area contributed by atoms with Gasteiger partial charge in [-0.05, 0) is 49.2 Å². The molecule has 7 nitrogen and oxygen atoms in total. The maximum atomic E-state index is 13.6. The van der Waals surface area contributed by atoms with Gasteiger partial charge in [0, 0.05) is 10.6 Å². The Morgan fingerprint density at radius 3 is 2.45 bits per heavy atom. The van der Waals surface area contributed by atoms with Crippen LogP contribution < -0.4 is 10.6 Å². The molecule has 4 unspecified atom stereocenters. The van der Waals surface area contributed by atoms with Crippen molar-refractivity contribution >= 4 is 35.2 Å². The van der Waals surface area contributed by atoms with Crippen molar-refractivity contribution in [2.45, 2.75) is 42.0 Å². The van der Waals surface area contributed by atoms with Gasteiger partial charge in [0.05, 0.1) is 46.7 Å². The van der Waals surface area contributed by atoms with Crippen LogP contribution in [-0.4, -0.2) is 34.7 Å². The third-order valence-corrected chi connectivity index (χ3v) is 8.32. The average Bonchev–Trinajstić information content (AvgIpc) is 3.43. The second-order valence-electron chi connectivity index (χ2n) is 9.77. The molecule has 4 atom stereocenters. The van der Waals surface area contributed by atoms with Gasteiger partial charge in [0.2, 0.25) is 17.7 Å². The fourth-order valence-corrected chi connectivity index (χ4v) is 6.62. The molecule has 0 aliphatic carbocycles. The third-order valence-electron chi connectivity index (χ3n) is 7.31. The van der Waals surface area contributed by atoms with Gasteiger partial charge in [-0.2, -0.15) is 18.4 Å². The summed E-state index contributed by atoms with van der Waals surface area (Å²) in [6.07, 6.45) is -0.743. The number of primary amides is 1. The topological polar surface area (TPSA) is 113 Å². The number of rotatable bonds is 7. The minimum Gasteiger partial charge on any atom is -0.369 e. The number of nitriles is 1.